The van der Waals surface area contributed by atoms with Gasteiger partial charge in [-0.05, 0) is 25.5 Å². The second kappa shape index (κ2) is 4.80. The van der Waals surface area contributed by atoms with Crippen LogP contribution in [0, 0.1) is 0 Å². The summed E-state index contributed by atoms with van der Waals surface area (Å²) >= 11 is 7.97. The van der Waals surface area contributed by atoms with E-state index in [4.69, 9.17) is 11.6 Å². The lowest BCUT2D eigenvalue weighted by Crippen LogP contribution is -2.19. The smallest absolute Gasteiger partial charge is 0.137 e. The summed E-state index contributed by atoms with van der Waals surface area (Å²) in [5.74, 6) is 0.892. The van der Waals surface area contributed by atoms with Crippen LogP contribution in [0.15, 0.2) is 6.33 Å². The largest absolute Gasteiger partial charge is 0.368 e. The van der Waals surface area contributed by atoms with E-state index in [1.165, 1.54) is 19.2 Å². The predicted molar refractivity (Wildman–Crippen MR) is 70.4 cm³/mol. The number of nitrogens with zero attached hydrogens (tertiary/aromatic N) is 2. The monoisotopic (exact) mass is 257 g/mol. The Balaban J connectivity index is 2.06. The molecule has 0 radical (unpaired) electrons. The van der Waals surface area contributed by atoms with Gasteiger partial charge in [0, 0.05) is 16.9 Å². The van der Waals surface area contributed by atoms with Crippen LogP contribution in [0.5, 0.6) is 0 Å². The molecule has 0 saturated heterocycles. The van der Waals surface area contributed by atoms with E-state index in [9.17, 15) is 0 Å². The Morgan fingerprint density at radius 1 is 1.50 bits per heavy atom. The molecule has 1 fully saturated rings. The fourth-order valence-corrected chi connectivity index (χ4v) is 2.69. The molecule has 0 bridgehead atoms. The van der Waals surface area contributed by atoms with Crippen LogP contribution in [0.25, 0.3) is 0 Å². The Morgan fingerprint density at radius 2 is 2.25 bits per heavy atom. The molecule has 1 aliphatic carbocycles. The molecule has 1 N–H and O–H groups in total. The molecule has 88 valence electrons. The fraction of sp³-hybridized carbons (Fsp3) is 0.636. The van der Waals surface area contributed by atoms with Crippen LogP contribution in [-0.2, 0) is 6.42 Å². The van der Waals surface area contributed by atoms with Crippen molar-refractivity contribution >= 4 is 29.2 Å². The molecule has 16 heavy (non-hydrogen) atoms. The van der Waals surface area contributed by atoms with Crippen LogP contribution in [0.2, 0.25) is 5.15 Å². The lowest BCUT2D eigenvalue weighted by molar-refractivity contribution is 0.925. The standard InChI is InChI=1S/C11H16ClN3S/c1-3-8-9(12)14-7-15-10(8)13-6-11(16-2)4-5-11/h7H,3-6H2,1-2H3,(H,13,14,15). The van der Waals surface area contributed by atoms with Crippen LogP contribution < -0.4 is 5.32 Å². The van der Waals surface area contributed by atoms with E-state index in [0.29, 0.717) is 9.90 Å². The molecular formula is C11H16ClN3S. The highest BCUT2D eigenvalue weighted by molar-refractivity contribution is 8.00. The summed E-state index contributed by atoms with van der Waals surface area (Å²) in [7, 11) is 0. The molecule has 2 rings (SSSR count). The zero-order valence-electron chi connectivity index (χ0n) is 9.59. The Labute approximate surface area is 105 Å². The average Bonchev–Trinajstić information content (AvgIpc) is 3.07. The summed E-state index contributed by atoms with van der Waals surface area (Å²) in [6, 6.07) is 0. The molecule has 0 amide bonds. The third-order valence-electron chi connectivity index (χ3n) is 3.07. The zero-order chi connectivity index (χ0) is 11.6. The topological polar surface area (TPSA) is 37.8 Å². The summed E-state index contributed by atoms with van der Waals surface area (Å²) in [4.78, 5) is 8.26. The molecule has 0 aromatic carbocycles. The molecule has 1 aliphatic rings. The summed E-state index contributed by atoms with van der Waals surface area (Å²) in [5.41, 5.74) is 1.01. The molecule has 5 heteroatoms. The van der Waals surface area contributed by atoms with Crippen molar-refractivity contribution in [1.82, 2.24) is 9.97 Å². The minimum absolute atomic E-state index is 0.433. The van der Waals surface area contributed by atoms with Crippen LogP contribution in [-0.4, -0.2) is 27.5 Å². The van der Waals surface area contributed by atoms with Gasteiger partial charge in [-0.2, -0.15) is 11.8 Å². The number of thioether (sulfide) groups is 1. The summed E-state index contributed by atoms with van der Waals surface area (Å²) < 4.78 is 0.433. The van der Waals surface area contributed by atoms with E-state index in [1.807, 2.05) is 11.8 Å². The van der Waals surface area contributed by atoms with Crippen molar-refractivity contribution in [3.05, 3.63) is 17.0 Å². The van der Waals surface area contributed by atoms with Gasteiger partial charge < -0.3 is 5.32 Å². The van der Waals surface area contributed by atoms with Crippen molar-refractivity contribution in [2.45, 2.75) is 30.9 Å². The first-order chi connectivity index (χ1) is 7.71. The summed E-state index contributed by atoms with van der Waals surface area (Å²) in [6.07, 6.45) is 7.13. The molecule has 3 nitrogen and oxygen atoms in total. The number of halogens is 1. The van der Waals surface area contributed by atoms with Gasteiger partial charge in [0.1, 0.15) is 17.3 Å². The molecule has 0 unspecified atom stereocenters. The molecule has 1 heterocycles. The molecule has 1 saturated carbocycles. The molecule has 0 aliphatic heterocycles. The van der Waals surface area contributed by atoms with Crippen molar-refractivity contribution < 1.29 is 0 Å². The highest BCUT2D eigenvalue weighted by Crippen LogP contribution is 2.47. The van der Waals surface area contributed by atoms with E-state index in [1.54, 1.807) is 0 Å². The Bertz CT molecular complexity index is 379. The van der Waals surface area contributed by atoms with Crippen molar-refractivity contribution in [3.8, 4) is 0 Å². The quantitative estimate of drug-likeness (QED) is 0.823. The van der Waals surface area contributed by atoms with Gasteiger partial charge in [0.15, 0.2) is 0 Å². The van der Waals surface area contributed by atoms with E-state index >= 15 is 0 Å². The molecule has 0 spiro atoms. The Hall–Kier alpha value is -0.480. The first kappa shape index (κ1) is 12.0. The minimum Gasteiger partial charge on any atom is -0.368 e. The SMILES string of the molecule is CCc1c(Cl)ncnc1NCC1(SC)CC1. The average molecular weight is 258 g/mol. The highest BCUT2D eigenvalue weighted by atomic mass is 35.5. The lowest BCUT2D eigenvalue weighted by atomic mass is 10.2. The molecular weight excluding hydrogens is 242 g/mol. The van der Waals surface area contributed by atoms with Gasteiger partial charge in [-0.15, -0.1) is 0 Å². The normalized spacial score (nSPS) is 17.2. The number of nitrogens with one attached hydrogen (secondary N) is 1. The van der Waals surface area contributed by atoms with Gasteiger partial charge in [-0.25, -0.2) is 9.97 Å². The van der Waals surface area contributed by atoms with Gasteiger partial charge in [-0.3, -0.25) is 0 Å². The lowest BCUT2D eigenvalue weighted by Gasteiger charge is -2.15. The number of hydrogen-bond donors (Lipinski definition) is 1. The maximum absolute atomic E-state index is 6.03. The van der Waals surface area contributed by atoms with E-state index < -0.39 is 0 Å². The predicted octanol–water partition coefficient (Wildman–Crippen LogP) is 3.00. The minimum atomic E-state index is 0.433. The van der Waals surface area contributed by atoms with Crippen LogP contribution >= 0.6 is 23.4 Å². The van der Waals surface area contributed by atoms with E-state index in [2.05, 4.69) is 28.5 Å². The van der Waals surface area contributed by atoms with Crippen molar-refractivity contribution in [2.75, 3.05) is 18.1 Å². The van der Waals surface area contributed by atoms with Crippen molar-refractivity contribution in [3.63, 3.8) is 0 Å². The van der Waals surface area contributed by atoms with E-state index in [0.717, 1.165) is 24.3 Å². The Kier molecular flexibility index (Phi) is 3.60. The summed E-state index contributed by atoms with van der Waals surface area (Å²) in [6.45, 7) is 3.03. The number of rotatable bonds is 5. The number of hydrogen-bond acceptors (Lipinski definition) is 4. The van der Waals surface area contributed by atoms with Crippen LogP contribution in [0.3, 0.4) is 0 Å². The zero-order valence-corrected chi connectivity index (χ0v) is 11.2. The highest BCUT2D eigenvalue weighted by Gasteiger charge is 2.41. The molecule has 1 aromatic heterocycles. The maximum Gasteiger partial charge on any atom is 0.137 e. The number of anilines is 1. The van der Waals surface area contributed by atoms with Gasteiger partial charge in [0.2, 0.25) is 0 Å². The van der Waals surface area contributed by atoms with Gasteiger partial charge in [0.05, 0.1) is 0 Å². The van der Waals surface area contributed by atoms with Gasteiger partial charge in [0.25, 0.3) is 0 Å². The summed E-state index contributed by atoms with van der Waals surface area (Å²) in [5, 5.41) is 3.97. The molecule has 0 atom stereocenters. The van der Waals surface area contributed by atoms with Crippen molar-refractivity contribution in [1.29, 1.82) is 0 Å². The van der Waals surface area contributed by atoms with Gasteiger partial charge >= 0.3 is 0 Å². The van der Waals surface area contributed by atoms with E-state index in [-0.39, 0.29) is 0 Å². The van der Waals surface area contributed by atoms with Crippen LogP contribution in [0.4, 0.5) is 5.82 Å². The van der Waals surface area contributed by atoms with Crippen LogP contribution in [0.1, 0.15) is 25.3 Å². The van der Waals surface area contributed by atoms with Crippen molar-refractivity contribution in [2.24, 2.45) is 0 Å². The second-order valence-electron chi connectivity index (χ2n) is 4.09. The number of aromatic nitrogens is 2. The first-order valence-electron chi connectivity index (χ1n) is 5.49. The Morgan fingerprint density at radius 3 is 2.81 bits per heavy atom. The fourth-order valence-electron chi connectivity index (χ4n) is 1.69. The third kappa shape index (κ3) is 2.43. The third-order valence-corrected chi connectivity index (χ3v) is 4.81. The first-order valence-corrected chi connectivity index (χ1v) is 7.09. The maximum atomic E-state index is 6.03. The van der Waals surface area contributed by atoms with Gasteiger partial charge in [-0.1, -0.05) is 18.5 Å². The second-order valence-corrected chi connectivity index (χ2v) is 5.72. The molecule has 1 aromatic rings.